The number of piperazine rings is 1. The third kappa shape index (κ3) is 4.92. The number of carbonyl (C=O) groups is 1. The number of nitrogens with zero attached hydrogens (tertiary/aromatic N) is 3. The van der Waals surface area contributed by atoms with E-state index in [-0.39, 0.29) is 37.8 Å². The Labute approximate surface area is 169 Å². The largest absolute Gasteiger partial charge is 0.416 e. The summed E-state index contributed by atoms with van der Waals surface area (Å²) in [5.74, 6) is -0.392. The molecule has 0 spiro atoms. The number of hydrogen-bond donors (Lipinski definition) is 0. The van der Waals surface area contributed by atoms with Gasteiger partial charge in [0.1, 0.15) is 0 Å². The van der Waals surface area contributed by atoms with Crippen molar-refractivity contribution in [3.63, 3.8) is 0 Å². The van der Waals surface area contributed by atoms with Gasteiger partial charge in [0, 0.05) is 44.8 Å². The summed E-state index contributed by atoms with van der Waals surface area (Å²) in [6.45, 7) is 0.757. The first kappa shape index (κ1) is 22.0. The molecule has 3 rings (SSSR count). The molecule has 0 atom stereocenters. The van der Waals surface area contributed by atoms with Crippen molar-refractivity contribution in [1.29, 1.82) is 0 Å². The van der Waals surface area contributed by atoms with Crippen molar-refractivity contribution < 1.29 is 26.4 Å². The third-order valence-corrected chi connectivity index (χ3v) is 7.81. The van der Waals surface area contributed by atoms with Crippen LogP contribution in [-0.4, -0.2) is 67.1 Å². The highest BCUT2D eigenvalue weighted by Gasteiger charge is 2.36. The van der Waals surface area contributed by atoms with E-state index in [1.807, 2.05) is 0 Å². The second-order valence-electron chi connectivity index (χ2n) is 7.58. The molecule has 6 nitrogen and oxygen atoms in total. The summed E-state index contributed by atoms with van der Waals surface area (Å²) in [7, 11) is -1.98. The molecule has 2 fully saturated rings. The molecular weight excluding hydrogens is 407 g/mol. The molecule has 1 aromatic carbocycles. The van der Waals surface area contributed by atoms with Gasteiger partial charge >= 0.3 is 6.18 Å². The molecule has 162 valence electrons. The fraction of sp³-hybridized carbons (Fsp3) is 0.632. The van der Waals surface area contributed by atoms with Crippen molar-refractivity contribution in [3.8, 4) is 0 Å². The van der Waals surface area contributed by atoms with Gasteiger partial charge < -0.3 is 4.90 Å². The van der Waals surface area contributed by atoms with Crippen LogP contribution in [0.4, 0.5) is 13.2 Å². The molecule has 1 aromatic rings. The first-order valence-electron chi connectivity index (χ1n) is 9.80. The van der Waals surface area contributed by atoms with Crippen molar-refractivity contribution in [1.82, 2.24) is 13.5 Å². The molecule has 1 heterocycles. The van der Waals surface area contributed by atoms with Crippen LogP contribution in [0.5, 0.6) is 0 Å². The summed E-state index contributed by atoms with van der Waals surface area (Å²) in [5.41, 5.74) is -0.649. The second-order valence-corrected chi connectivity index (χ2v) is 9.57. The Morgan fingerprint density at radius 1 is 1.00 bits per heavy atom. The zero-order valence-electron chi connectivity index (χ0n) is 16.4. The lowest BCUT2D eigenvalue weighted by molar-refractivity contribution is -0.137. The van der Waals surface area contributed by atoms with Crippen LogP contribution in [-0.2, 0) is 16.4 Å². The van der Waals surface area contributed by atoms with Gasteiger partial charge in [0.05, 0.1) is 5.56 Å². The Morgan fingerprint density at radius 3 is 2.07 bits per heavy atom. The van der Waals surface area contributed by atoms with Crippen molar-refractivity contribution in [2.45, 2.75) is 44.3 Å². The number of rotatable bonds is 4. The average Bonchev–Trinajstić information content (AvgIpc) is 2.73. The number of carbonyl (C=O) groups excluding carboxylic acids is 1. The average molecular weight is 433 g/mol. The highest BCUT2D eigenvalue weighted by Crippen LogP contribution is 2.29. The van der Waals surface area contributed by atoms with Gasteiger partial charge in [0.25, 0.3) is 16.1 Å². The van der Waals surface area contributed by atoms with E-state index in [1.165, 1.54) is 13.5 Å². The lowest BCUT2D eigenvalue weighted by Gasteiger charge is -2.38. The summed E-state index contributed by atoms with van der Waals surface area (Å²) >= 11 is 0. The summed E-state index contributed by atoms with van der Waals surface area (Å²) < 4.78 is 66.7. The molecule has 0 radical (unpaired) electrons. The molecule has 0 unspecified atom stereocenters. The van der Waals surface area contributed by atoms with Crippen LogP contribution in [0, 0.1) is 0 Å². The minimum Gasteiger partial charge on any atom is -0.336 e. The first-order valence-corrected chi connectivity index (χ1v) is 11.2. The molecule has 0 N–H and O–H groups in total. The summed E-state index contributed by atoms with van der Waals surface area (Å²) in [6.07, 6.45) is 0.463. The summed E-state index contributed by atoms with van der Waals surface area (Å²) in [6, 6.07) is 4.09. The smallest absolute Gasteiger partial charge is 0.336 e. The van der Waals surface area contributed by atoms with Gasteiger partial charge in [-0.05, 0) is 37.1 Å². The fourth-order valence-corrected chi connectivity index (χ4v) is 5.50. The van der Waals surface area contributed by atoms with Crippen LogP contribution in [0.3, 0.4) is 0 Å². The quantitative estimate of drug-likeness (QED) is 0.734. The number of alkyl halides is 3. The van der Waals surface area contributed by atoms with Crippen molar-refractivity contribution in [3.05, 3.63) is 35.4 Å². The molecule has 0 aromatic heterocycles. The number of hydrogen-bond acceptors (Lipinski definition) is 3. The first-order chi connectivity index (χ1) is 13.6. The van der Waals surface area contributed by atoms with Gasteiger partial charge in [-0.3, -0.25) is 4.79 Å². The van der Waals surface area contributed by atoms with Crippen LogP contribution in [0.15, 0.2) is 24.3 Å². The fourth-order valence-electron chi connectivity index (χ4n) is 3.92. The highest BCUT2D eigenvalue weighted by molar-refractivity contribution is 7.86. The number of benzene rings is 1. The van der Waals surface area contributed by atoms with Crippen LogP contribution in [0.2, 0.25) is 0 Å². The van der Waals surface area contributed by atoms with E-state index in [9.17, 15) is 26.4 Å². The van der Waals surface area contributed by atoms with E-state index in [0.717, 1.165) is 56.4 Å². The van der Waals surface area contributed by atoms with Gasteiger partial charge in [-0.2, -0.15) is 30.2 Å². The van der Waals surface area contributed by atoms with Gasteiger partial charge in [-0.1, -0.05) is 19.3 Å². The second kappa shape index (κ2) is 8.61. The van der Waals surface area contributed by atoms with Crippen molar-refractivity contribution in [2.75, 3.05) is 33.2 Å². The lowest BCUT2D eigenvalue weighted by atomic mass is 9.96. The molecule has 2 aliphatic rings. The summed E-state index contributed by atoms with van der Waals surface area (Å²) in [4.78, 5) is 14.0. The van der Waals surface area contributed by atoms with Gasteiger partial charge in [0.2, 0.25) is 0 Å². The minimum absolute atomic E-state index is 0.0144. The maximum Gasteiger partial charge on any atom is 0.416 e. The Hall–Kier alpha value is -1.65. The van der Waals surface area contributed by atoms with E-state index >= 15 is 0 Å². The van der Waals surface area contributed by atoms with Crippen LogP contribution in [0.1, 0.15) is 48.0 Å². The zero-order valence-corrected chi connectivity index (χ0v) is 17.2. The molecule has 1 aliphatic heterocycles. The van der Waals surface area contributed by atoms with E-state index in [1.54, 1.807) is 7.05 Å². The molecule has 1 aliphatic carbocycles. The maximum absolute atomic E-state index is 12.9. The molecule has 1 amide bonds. The SMILES string of the molecule is CN(C1CCCCC1)S(=O)(=O)N1CCN(C(=O)c2ccc(C(F)(F)F)cc2)CC1. The van der Waals surface area contributed by atoms with Crippen LogP contribution in [0.25, 0.3) is 0 Å². The van der Waals surface area contributed by atoms with Crippen molar-refractivity contribution >= 4 is 16.1 Å². The topological polar surface area (TPSA) is 60.9 Å². The predicted octanol–water partition coefficient (Wildman–Crippen LogP) is 2.97. The summed E-state index contributed by atoms with van der Waals surface area (Å²) in [5, 5.41) is 0. The van der Waals surface area contributed by atoms with E-state index in [4.69, 9.17) is 0 Å². The number of halogens is 3. The van der Waals surface area contributed by atoms with E-state index in [0.29, 0.717) is 0 Å². The molecule has 1 saturated heterocycles. The van der Waals surface area contributed by atoms with Gasteiger partial charge in [0.15, 0.2) is 0 Å². The maximum atomic E-state index is 12.9. The predicted molar refractivity (Wildman–Crippen MR) is 102 cm³/mol. The Balaban J connectivity index is 1.60. The normalized spacial score (nSPS) is 20.2. The standard InChI is InChI=1S/C19H26F3N3O3S/c1-23(17-5-3-2-4-6-17)29(27,28)25-13-11-24(12-14-25)18(26)15-7-9-16(10-8-15)19(20,21)22/h7-10,17H,2-6,11-14H2,1H3. The van der Waals surface area contributed by atoms with Crippen molar-refractivity contribution in [2.24, 2.45) is 0 Å². The Morgan fingerprint density at radius 2 is 1.55 bits per heavy atom. The van der Waals surface area contributed by atoms with E-state index in [2.05, 4.69) is 0 Å². The number of amides is 1. The van der Waals surface area contributed by atoms with Gasteiger partial charge in [-0.15, -0.1) is 0 Å². The molecule has 0 bridgehead atoms. The van der Waals surface area contributed by atoms with Crippen LogP contribution >= 0.6 is 0 Å². The van der Waals surface area contributed by atoms with Gasteiger partial charge in [-0.25, -0.2) is 0 Å². The van der Waals surface area contributed by atoms with E-state index < -0.39 is 27.9 Å². The molecular formula is C19H26F3N3O3S. The Kier molecular flexibility index (Phi) is 6.54. The zero-order chi connectivity index (χ0) is 21.2. The monoisotopic (exact) mass is 433 g/mol. The third-order valence-electron chi connectivity index (χ3n) is 5.76. The Bertz CT molecular complexity index is 813. The lowest BCUT2D eigenvalue weighted by Crippen LogP contribution is -2.55. The minimum atomic E-state index is -4.45. The molecule has 10 heteroatoms. The van der Waals surface area contributed by atoms with Crippen LogP contribution < -0.4 is 0 Å². The molecule has 1 saturated carbocycles. The molecule has 29 heavy (non-hydrogen) atoms. The highest BCUT2D eigenvalue weighted by atomic mass is 32.2.